The number of aryl methyl sites for hydroxylation is 1. The highest BCUT2D eigenvalue weighted by molar-refractivity contribution is 7.99. The van der Waals surface area contributed by atoms with Crippen molar-refractivity contribution in [2.24, 2.45) is 7.05 Å². The summed E-state index contributed by atoms with van der Waals surface area (Å²) in [6, 6.07) is 5.18. The molecule has 1 aromatic heterocycles. The highest BCUT2D eigenvalue weighted by Gasteiger charge is 2.10. The first-order chi connectivity index (χ1) is 8.08. The maximum absolute atomic E-state index is 11.2. The maximum Gasteiger partial charge on any atom is 0.213 e. The summed E-state index contributed by atoms with van der Waals surface area (Å²) in [7, 11) is 1.75. The molecule has 0 aliphatic heterocycles. The summed E-state index contributed by atoms with van der Waals surface area (Å²) in [5, 5.41) is 12.3. The average molecular weight is 269 g/mol. The van der Waals surface area contributed by atoms with Crippen molar-refractivity contribution in [3.05, 3.63) is 28.8 Å². The van der Waals surface area contributed by atoms with Gasteiger partial charge in [0.1, 0.15) is 0 Å². The molecule has 17 heavy (non-hydrogen) atoms. The van der Waals surface area contributed by atoms with E-state index in [1.165, 1.54) is 18.7 Å². The van der Waals surface area contributed by atoms with Crippen LogP contribution in [0, 0.1) is 0 Å². The first-order valence-electron chi connectivity index (χ1n) is 4.78. The summed E-state index contributed by atoms with van der Waals surface area (Å²) in [6.45, 7) is 1.51. The van der Waals surface area contributed by atoms with E-state index in [0.29, 0.717) is 15.7 Å². The molecule has 0 saturated carbocycles. The maximum atomic E-state index is 11.2. The molecule has 5 nitrogen and oxygen atoms in total. The highest BCUT2D eigenvalue weighted by atomic mass is 35.5. The number of tetrazole rings is 1. The van der Waals surface area contributed by atoms with Gasteiger partial charge in [-0.25, -0.2) is 4.68 Å². The number of nitrogens with zero attached hydrogens (tertiary/aromatic N) is 4. The number of carbonyl (C=O) groups is 1. The molecule has 0 aliphatic carbocycles. The molecule has 0 bridgehead atoms. The van der Waals surface area contributed by atoms with E-state index in [-0.39, 0.29) is 5.78 Å². The molecule has 1 heterocycles. The Morgan fingerprint density at radius 1 is 1.47 bits per heavy atom. The van der Waals surface area contributed by atoms with Crippen LogP contribution in [-0.2, 0) is 7.05 Å². The molecule has 0 N–H and O–H groups in total. The van der Waals surface area contributed by atoms with Crippen molar-refractivity contribution in [1.29, 1.82) is 0 Å². The molecule has 0 atom stereocenters. The number of aromatic nitrogens is 4. The van der Waals surface area contributed by atoms with Crippen molar-refractivity contribution in [1.82, 2.24) is 20.2 Å². The number of hydrogen-bond donors (Lipinski definition) is 0. The molecule has 0 saturated heterocycles. The van der Waals surface area contributed by atoms with Gasteiger partial charge in [0.05, 0.1) is 5.02 Å². The third kappa shape index (κ3) is 2.65. The first-order valence-corrected chi connectivity index (χ1v) is 5.98. The minimum atomic E-state index is -0.0104. The van der Waals surface area contributed by atoms with Gasteiger partial charge in [0.15, 0.2) is 5.78 Å². The summed E-state index contributed by atoms with van der Waals surface area (Å²) >= 11 is 7.44. The molecule has 1 aromatic carbocycles. The zero-order chi connectivity index (χ0) is 12.4. The van der Waals surface area contributed by atoms with Crippen molar-refractivity contribution in [3.63, 3.8) is 0 Å². The van der Waals surface area contributed by atoms with Crippen LogP contribution in [0.15, 0.2) is 28.3 Å². The van der Waals surface area contributed by atoms with Crippen LogP contribution < -0.4 is 0 Å². The second kappa shape index (κ2) is 4.85. The summed E-state index contributed by atoms with van der Waals surface area (Å²) < 4.78 is 1.56. The Hall–Kier alpha value is -1.40. The predicted octanol–water partition coefficient (Wildman–Crippen LogP) is 2.22. The number of rotatable bonds is 3. The fraction of sp³-hybridized carbons (Fsp3) is 0.200. The summed E-state index contributed by atoms with van der Waals surface area (Å²) in [6.07, 6.45) is 0. The molecule has 7 heteroatoms. The molecule has 0 aliphatic rings. The van der Waals surface area contributed by atoms with Crippen LogP contribution in [0.1, 0.15) is 17.3 Å². The zero-order valence-corrected chi connectivity index (χ0v) is 10.8. The van der Waals surface area contributed by atoms with Crippen LogP contribution in [0.5, 0.6) is 0 Å². The SMILES string of the molecule is CC(=O)c1ccc(Sc2nnnn2C)c(Cl)c1. The second-order valence-corrected chi connectivity index (χ2v) is 4.80. The van der Waals surface area contributed by atoms with E-state index in [4.69, 9.17) is 11.6 Å². The molecule has 0 spiro atoms. The van der Waals surface area contributed by atoms with Crippen LogP contribution in [0.25, 0.3) is 0 Å². The molecule has 0 unspecified atom stereocenters. The van der Waals surface area contributed by atoms with E-state index >= 15 is 0 Å². The monoisotopic (exact) mass is 268 g/mol. The molecule has 2 rings (SSSR count). The minimum absolute atomic E-state index is 0.0104. The predicted molar refractivity (Wildman–Crippen MR) is 64.4 cm³/mol. The fourth-order valence-electron chi connectivity index (χ4n) is 1.21. The van der Waals surface area contributed by atoms with Gasteiger partial charge in [-0.1, -0.05) is 17.7 Å². The van der Waals surface area contributed by atoms with Gasteiger partial charge in [-0.15, -0.1) is 5.10 Å². The third-order valence-corrected chi connectivity index (χ3v) is 3.65. The van der Waals surface area contributed by atoms with E-state index in [2.05, 4.69) is 15.5 Å². The Balaban J connectivity index is 2.29. The van der Waals surface area contributed by atoms with Crippen LogP contribution in [0.3, 0.4) is 0 Å². The van der Waals surface area contributed by atoms with E-state index in [1.54, 1.807) is 29.9 Å². The van der Waals surface area contributed by atoms with E-state index < -0.39 is 0 Å². The zero-order valence-electron chi connectivity index (χ0n) is 9.22. The lowest BCUT2D eigenvalue weighted by atomic mass is 10.1. The van der Waals surface area contributed by atoms with Crippen molar-refractivity contribution in [3.8, 4) is 0 Å². The number of carbonyl (C=O) groups excluding carboxylic acids is 1. The Bertz CT molecular complexity index is 569. The molecule has 88 valence electrons. The highest BCUT2D eigenvalue weighted by Crippen LogP contribution is 2.32. The Kier molecular flexibility index (Phi) is 3.44. The van der Waals surface area contributed by atoms with Crippen molar-refractivity contribution >= 4 is 29.1 Å². The Labute approximate surface area is 107 Å². The molecular weight excluding hydrogens is 260 g/mol. The van der Waals surface area contributed by atoms with E-state index in [9.17, 15) is 4.79 Å². The van der Waals surface area contributed by atoms with Crippen molar-refractivity contribution in [2.75, 3.05) is 0 Å². The quantitative estimate of drug-likeness (QED) is 0.799. The van der Waals surface area contributed by atoms with Crippen LogP contribution in [0.4, 0.5) is 0 Å². The lowest BCUT2D eigenvalue weighted by Gasteiger charge is -2.03. The number of halogens is 1. The van der Waals surface area contributed by atoms with Gasteiger partial charge in [-0.2, -0.15) is 0 Å². The van der Waals surface area contributed by atoms with Crippen molar-refractivity contribution in [2.45, 2.75) is 17.0 Å². The number of hydrogen-bond acceptors (Lipinski definition) is 5. The van der Waals surface area contributed by atoms with Crippen LogP contribution in [0.2, 0.25) is 5.02 Å². The van der Waals surface area contributed by atoms with Gasteiger partial charge >= 0.3 is 0 Å². The van der Waals surface area contributed by atoms with Crippen LogP contribution in [-0.4, -0.2) is 26.0 Å². The summed E-state index contributed by atoms with van der Waals surface area (Å²) in [5.41, 5.74) is 0.593. The molecule has 0 radical (unpaired) electrons. The summed E-state index contributed by atoms with van der Waals surface area (Å²) in [4.78, 5) is 12.0. The Morgan fingerprint density at radius 2 is 2.24 bits per heavy atom. The summed E-state index contributed by atoms with van der Waals surface area (Å²) in [5.74, 6) is -0.0104. The fourth-order valence-corrected chi connectivity index (χ4v) is 2.24. The van der Waals surface area contributed by atoms with Gasteiger partial charge < -0.3 is 0 Å². The van der Waals surface area contributed by atoms with E-state index in [1.807, 2.05) is 0 Å². The van der Waals surface area contributed by atoms with Gasteiger partial charge in [0.2, 0.25) is 5.16 Å². The number of benzene rings is 1. The lowest BCUT2D eigenvalue weighted by molar-refractivity contribution is 0.101. The molecule has 2 aromatic rings. The third-order valence-electron chi connectivity index (χ3n) is 2.12. The van der Waals surface area contributed by atoms with E-state index in [0.717, 1.165) is 4.90 Å². The minimum Gasteiger partial charge on any atom is -0.295 e. The molecule has 0 fully saturated rings. The standard InChI is InChI=1S/C10H9ClN4OS/c1-6(16)7-3-4-9(8(11)5-7)17-10-12-13-14-15(10)2/h3-5H,1-2H3. The van der Waals surface area contributed by atoms with Gasteiger partial charge in [0.25, 0.3) is 0 Å². The number of Topliss-reactive ketones (excluding diaryl/α,β-unsaturated/α-hetero) is 1. The van der Waals surface area contributed by atoms with Crippen LogP contribution >= 0.6 is 23.4 Å². The first kappa shape index (κ1) is 12.1. The van der Waals surface area contributed by atoms with Gasteiger partial charge in [-0.05, 0) is 41.2 Å². The number of ketones is 1. The van der Waals surface area contributed by atoms with Crippen molar-refractivity contribution < 1.29 is 4.79 Å². The van der Waals surface area contributed by atoms with Gasteiger partial charge in [0, 0.05) is 17.5 Å². The largest absolute Gasteiger partial charge is 0.295 e. The molecular formula is C10H9ClN4OS. The lowest BCUT2D eigenvalue weighted by Crippen LogP contribution is -1.94. The molecule has 0 amide bonds. The Morgan fingerprint density at radius 3 is 2.76 bits per heavy atom. The normalized spacial score (nSPS) is 10.5. The average Bonchev–Trinajstić information content (AvgIpc) is 2.67. The second-order valence-electron chi connectivity index (χ2n) is 3.39. The smallest absolute Gasteiger partial charge is 0.213 e. The van der Waals surface area contributed by atoms with Gasteiger partial charge in [-0.3, -0.25) is 4.79 Å². The topological polar surface area (TPSA) is 60.7 Å².